The molecule has 3 nitrogen and oxygen atoms in total. The van der Waals surface area contributed by atoms with Crippen LogP contribution < -0.4 is 0 Å². The molecule has 0 unspecified atom stereocenters. The normalized spacial score (nSPS) is 20.4. The van der Waals surface area contributed by atoms with Gasteiger partial charge in [0.1, 0.15) is 5.82 Å². The zero-order valence-corrected chi connectivity index (χ0v) is 12.5. The van der Waals surface area contributed by atoms with E-state index in [1.165, 1.54) is 24.8 Å². The van der Waals surface area contributed by atoms with Crippen LogP contribution >= 0.6 is 0 Å². The molecule has 3 rings (SSSR count). The number of rotatable bonds is 3. The summed E-state index contributed by atoms with van der Waals surface area (Å²) in [5, 5.41) is 4.60. The molecular formula is C17H22FN3. The van der Waals surface area contributed by atoms with E-state index in [4.69, 9.17) is 0 Å². The topological polar surface area (TPSA) is 21.1 Å². The summed E-state index contributed by atoms with van der Waals surface area (Å²) in [5.74, 6) is -0.170. The molecule has 0 amide bonds. The van der Waals surface area contributed by atoms with Crippen molar-refractivity contribution in [3.8, 4) is 0 Å². The van der Waals surface area contributed by atoms with Crippen LogP contribution in [0.25, 0.3) is 0 Å². The van der Waals surface area contributed by atoms with Crippen LogP contribution in [0.5, 0.6) is 0 Å². The third-order valence-corrected chi connectivity index (χ3v) is 4.24. The standard InChI is InChI=1S/C17H22FN3/c1-20-12-10-16(19-20)17-5-3-2-4-11-21(17)13-14-6-8-15(18)9-7-14/h6-10,12,17H,2-5,11,13H2,1H3/t17-/m1/s1. The van der Waals surface area contributed by atoms with Crippen LogP contribution in [0.1, 0.15) is 43.0 Å². The molecule has 1 fully saturated rings. The molecule has 0 spiro atoms. The summed E-state index contributed by atoms with van der Waals surface area (Å²) in [4.78, 5) is 2.49. The second kappa shape index (κ2) is 6.39. The summed E-state index contributed by atoms with van der Waals surface area (Å²) in [6.45, 7) is 1.94. The molecule has 1 aliphatic rings. The smallest absolute Gasteiger partial charge is 0.123 e. The van der Waals surface area contributed by atoms with E-state index in [1.807, 2.05) is 30.1 Å². The van der Waals surface area contributed by atoms with E-state index in [1.54, 1.807) is 12.1 Å². The van der Waals surface area contributed by atoms with Crippen molar-refractivity contribution in [2.75, 3.05) is 6.54 Å². The predicted octanol–water partition coefficient (Wildman–Crippen LogP) is 3.68. The summed E-state index contributed by atoms with van der Waals surface area (Å²) in [5.41, 5.74) is 2.32. The minimum absolute atomic E-state index is 0.170. The van der Waals surface area contributed by atoms with Crippen molar-refractivity contribution in [1.29, 1.82) is 0 Å². The Morgan fingerprint density at radius 1 is 1.14 bits per heavy atom. The molecule has 1 saturated heterocycles. The van der Waals surface area contributed by atoms with E-state index in [-0.39, 0.29) is 5.82 Å². The quantitative estimate of drug-likeness (QED) is 0.858. The van der Waals surface area contributed by atoms with Gasteiger partial charge < -0.3 is 0 Å². The number of halogens is 1. The highest BCUT2D eigenvalue weighted by Crippen LogP contribution is 2.30. The van der Waals surface area contributed by atoms with Crippen LogP contribution in [0, 0.1) is 5.82 Å². The molecular weight excluding hydrogens is 265 g/mol. The molecule has 21 heavy (non-hydrogen) atoms. The second-order valence-electron chi connectivity index (χ2n) is 5.88. The summed E-state index contributed by atoms with van der Waals surface area (Å²) in [6.07, 6.45) is 6.92. The van der Waals surface area contributed by atoms with Crippen LogP contribution in [0.2, 0.25) is 0 Å². The Hall–Kier alpha value is -1.68. The third-order valence-electron chi connectivity index (χ3n) is 4.24. The summed E-state index contributed by atoms with van der Waals surface area (Å²) in [7, 11) is 1.96. The Morgan fingerprint density at radius 3 is 2.67 bits per heavy atom. The van der Waals surface area contributed by atoms with Crippen LogP contribution in [0.3, 0.4) is 0 Å². The first-order valence-electron chi connectivity index (χ1n) is 7.70. The van der Waals surface area contributed by atoms with Crippen molar-refractivity contribution in [3.63, 3.8) is 0 Å². The van der Waals surface area contributed by atoms with Crippen LogP contribution in [0.15, 0.2) is 36.5 Å². The first-order valence-corrected chi connectivity index (χ1v) is 7.70. The maximum atomic E-state index is 13.0. The molecule has 112 valence electrons. The third kappa shape index (κ3) is 3.50. The molecule has 0 aliphatic carbocycles. The van der Waals surface area contributed by atoms with Gasteiger partial charge in [-0.15, -0.1) is 0 Å². The maximum absolute atomic E-state index is 13.0. The number of nitrogens with zero attached hydrogens (tertiary/aromatic N) is 3. The average Bonchev–Trinajstić information content (AvgIpc) is 2.77. The summed E-state index contributed by atoms with van der Waals surface area (Å²) in [6, 6.07) is 9.35. The predicted molar refractivity (Wildman–Crippen MR) is 81.2 cm³/mol. The van der Waals surface area contributed by atoms with Crippen molar-refractivity contribution in [2.45, 2.75) is 38.3 Å². The molecule has 1 aliphatic heterocycles. The molecule has 2 heterocycles. The number of aryl methyl sites for hydroxylation is 1. The molecule has 1 aromatic carbocycles. The van der Waals surface area contributed by atoms with Gasteiger partial charge in [0.2, 0.25) is 0 Å². The van der Waals surface area contributed by atoms with Crippen LogP contribution in [0.4, 0.5) is 4.39 Å². The SMILES string of the molecule is Cn1ccc([C@H]2CCCCCN2Cc2ccc(F)cc2)n1. The van der Waals surface area contributed by atoms with Gasteiger partial charge in [-0.2, -0.15) is 5.10 Å². The van der Waals surface area contributed by atoms with Crippen molar-refractivity contribution in [1.82, 2.24) is 14.7 Å². The van der Waals surface area contributed by atoms with E-state index < -0.39 is 0 Å². The van der Waals surface area contributed by atoms with Gasteiger partial charge in [0, 0.05) is 19.8 Å². The Balaban J connectivity index is 1.80. The fraction of sp³-hybridized carbons (Fsp3) is 0.471. The summed E-state index contributed by atoms with van der Waals surface area (Å²) >= 11 is 0. The monoisotopic (exact) mass is 287 g/mol. The molecule has 0 N–H and O–H groups in total. The highest BCUT2D eigenvalue weighted by Gasteiger charge is 2.24. The van der Waals surface area contributed by atoms with Crippen LogP contribution in [-0.2, 0) is 13.6 Å². The Morgan fingerprint density at radius 2 is 1.95 bits per heavy atom. The Bertz CT molecular complexity index is 576. The fourth-order valence-corrected chi connectivity index (χ4v) is 3.13. The molecule has 1 atom stereocenters. The molecule has 0 radical (unpaired) electrons. The van der Waals surface area contributed by atoms with E-state index in [9.17, 15) is 4.39 Å². The lowest BCUT2D eigenvalue weighted by Gasteiger charge is -2.28. The molecule has 0 saturated carbocycles. The number of benzene rings is 1. The Kier molecular flexibility index (Phi) is 4.34. The highest BCUT2D eigenvalue weighted by molar-refractivity contribution is 5.17. The van der Waals surface area contributed by atoms with Crippen LogP contribution in [-0.4, -0.2) is 21.2 Å². The van der Waals surface area contributed by atoms with Gasteiger partial charge >= 0.3 is 0 Å². The number of likely N-dealkylation sites (tertiary alicyclic amines) is 1. The van der Waals surface area contributed by atoms with Crippen molar-refractivity contribution >= 4 is 0 Å². The first-order chi connectivity index (χ1) is 10.2. The number of hydrogen-bond acceptors (Lipinski definition) is 2. The minimum Gasteiger partial charge on any atom is -0.290 e. The average molecular weight is 287 g/mol. The second-order valence-corrected chi connectivity index (χ2v) is 5.88. The minimum atomic E-state index is -0.170. The zero-order valence-electron chi connectivity index (χ0n) is 12.5. The largest absolute Gasteiger partial charge is 0.290 e. The van der Waals surface area contributed by atoms with Gasteiger partial charge in [-0.3, -0.25) is 9.58 Å². The molecule has 4 heteroatoms. The highest BCUT2D eigenvalue weighted by atomic mass is 19.1. The number of aromatic nitrogens is 2. The van der Waals surface area contributed by atoms with Crippen molar-refractivity contribution in [2.24, 2.45) is 7.05 Å². The van der Waals surface area contributed by atoms with Gasteiger partial charge in [0.15, 0.2) is 0 Å². The molecule has 1 aromatic heterocycles. The van der Waals surface area contributed by atoms with Crippen molar-refractivity contribution < 1.29 is 4.39 Å². The number of hydrogen-bond donors (Lipinski definition) is 0. The van der Waals surface area contributed by atoms with Gasteiger partial charge in [-0.1, -0.05) is 25.0 Å². The Labute approximate surface area is 125 Å². The van der Waals surface area contributed by atoms with Gasteiger partial charge in [0.25, 0.3) is 0 Å². The van der Waals surface area contributed by atoms with Gasteiger partial charge in [0.05, 0.1) is 11.7 Å². The maximum Gasteiger partial charge on any atom is 0.123 e. The van der Waals surface area contributed by atoms with E-state index in [0.717, 1.165) is 25.2 Å². The van der Waals surface area contributed by atoms with Gasteiger partial charge in [-0.05, 0) is 43.1 Å². The fourth-order valence-electron chi connectivity index (χ4n) is 3.13. The zero-order chi connectivity index (χ0) is 14.7. The first kappa shape index (κ1) is 14.3. The molecule has 2 aromatic rings. The lowest BCUT2D eigenvalue weighted by Crippen LogP contribution is -2.28. The van der Waals surface area contributed by atoms with E-state index in [2.05, 4.69) is 16.1 Å². The lowest BCUT2D eigenvalue weighted by molar-refractivity contribution is 0.188. The van der Waals surface area contributed by atoms with E-state index >= 15 is 0 Å². The molecule has 0 bridgehead atoms. The van der Waals surface area contributed by atoms with Gasteiger partial charge in [-0.25, -0.2) is 4.39 Å². The van der Waals surface area contributed by atoms with E-state index in [0.29, 0.717) is 6.04 Å². The van der Waals surface area contributed by atoms with Crippen molar-refractivity contribution in [3.05, 3.63) is 53.6 Å². The summed E-state index contributed by atoms with van der Waals surface area (Å²) < 4.78 is 14.9. The lowest BCUT2D eigenvalue weighted by atomic mass is 10.1.